The second-order valence-electron chi connectivity index (χ2n) is 4.04. The van der Waals surface area contributed by atoms with Gasteiger partial charge in [0.25, 0.3) is 5.91 Å². The molecule has 1 heterocycles. The SMILES string of the molecule is CCc1ncc(C(=O)NC(C)(C)C(=O)OC)s1. The number of carbonyl (C=O) groups is 2. The summed E-state index contributed by atoms with van der Waals surface area (Å²) < 4.78 is 4.61. The van der Waals surface area contributed by atoms with Gasteiger partial charge in [0.05, 0.1) is 18.3 Å². The lowest BCUT2D eigenvalue weighted by atomic mass is 10.1. The van der Waals surface area contributed by atoms with E-state index >= 15 is 0 Å². The summed E-state index contributed by atoms with van der Waals surface area (Å²) in [5.41, 5.74) is -1.04. The number of nitrogens with zero attached hydrogens (tertiary/aromatic N) is 1. The molecule has 0 aromatic carbocycles. The molecular weight excluding hydrogens is 240 g/mol. The van der Waals surface area contributed by atoms with Crippen LogP contribution in [-0.4, -0.2) is 29.5 Å². The molecule has 1 aromatic heterocycles. The summed E-state index contributed by atoms with van der Waals surface area (Å²) >= 11 is 1.33. The van der Waals surface area contributed by atoms with Crippen LogP contribution in [0.5, 0.6) is 0 Å². The maximum atomic E-state index is 11.9. The number of carbonyl (C=O) groups excluding carboxylic acids is 2. The number of amides is 1. The molecule has 1 amide bonds. The summed E-state index contributed by atoms with van der Waals surface area (Å²) in [6.07, 6.45) is 2.31. The monoisotopic (exact) mass is 256 g/mol. The van der Waals surface area contributed by atoms with Crippen LogP contribution in [0.25, 0.3) is 0 Å². The van der Waals surface area contributed by atoms with Crippen molar-refractivity contribution in [3.8, 4) is 0 Å². The van der Waals surface area contributed by atoms with E-state index in [4.69, 9.17) is 0 Å². The molecule has 0 saturated carbocycles. The van der Waals surface area contributed by atoms with E-state index in [0.717, 1.165) is 11.4 Å². The number of esters is 1. The van der Waals surface area contributed by atoms with E-state index in [2.05, 4.69) is 15.0 Å². The molecule has 1 N–H and O–H groups in total. The predicted molar refractivity (Wildman–Crippen MR) is 65.1 cm³/mol. The van der Waals surface area contributed by atoms with Crippen LogP contribution in [0.15, 0.2) is 6.20 Å². The minimum absolute atomic E-state index is 0.308. The van der Waals surface area contributed by atoms with Gasteiger partial charge in [-0.05, 0) is 20.3 Å². The fourth-order valence-electron chi connectivity index (χ4n) is 1.23. The molecule has 0 aliphatic heterocycles. The van der Waals surface area contributed by atoms with E-state index in [0.29, 0.717) is 4.88 Å². The minimum atomic E-state index is -1.04. The summed E-state index contributed by atoms with van der Waals surface area (Å²) in [7, 11) is 1.29. The second-order valence-corrected chi connectivity index (χ2v) is 5.16. The Kier molecular flexibility index (Phi) is 4.22. The van der Waals surface area contributed by atoms with Crippen molar-refractivity contribution in [3.63, 3.8) is 0 Å². The number of hydrogen-bond donors (Lipinski definition) is 1. The summed E-state index contributed by atoms with van der Waals surface area (Å²) in [6, 6.07) is 0. The fourth-order valence-corrected chi connectivity index (χ4v) is 1.98. The van der Waals surface area contributed by atoms with E-state index < -0.39 is 11.5 Å². The molecule has 0 spiro atoms. The zero-order valence-corrected chi connectivity index (χ0v) is 11.2. The molecule has 5 nitrogen and oxygen atoms in total. The number of thiazole rings is 1. The lowest BCUT2D eigenvalue weighted by molar-refractivity contribution is -0.146. The third kappa shape index (κ3) is 3.26. The Balaban J connectivity index is 2.75. The first-order valence-electron chi connectivity index (χ1n) is 5.26. The van der Waals surface area contributed by atoms with E-state index in [-0.39, 0.29) is 5.91 Å². The number of methoxy groups -OCH3 is 1. The molecular formula is C11H16N2O3S. The average Bonchev–Trinajstić information content (AvgIpc) is 2.75. The molecule has 1 aromatic rings. The third-order valence-corrected chi connectivity index (χ3v) is 3.34. The van der Waals surface area contributed by atoms with Crippen molar-refractivity contribution in [2.75, 3.05) is 7.11 Å². The van der Waals surface area contributed by atoms with Crippen LogP contribution in [0.4, 0.5) is 0 Å². The highest BCUT2D eigenvalue weighted by Gasteiger charge is 2.31. The summed E-state index contributed by atoms with van der Waals surface area (Å²) in [4.78, 5) is 27.9. The van der Waals surface area contributed by atoms with Crippen LogP contribution in [0.2, 0.25) is 0 Å². The quantitative estimate of drug-likeness (QED) is 0.826. The molecule has 6 heteroatoms. The van der Waals surface area contributed by atoms with Gasteiger partial charge >= 0.3 is 5.97 Å². The van der Waals surface area contributed by atoms with Gasteiger partial charge in [0.2, 0.25) is 0 Å². The number of ether oxygens (including phenoxy) is 1. The molecule has 0 aliphatic carbocycles. The molecule has 0 radical (unpaired) electrons. The minimum Gasteiger partial charge on any atom is -0.467 e. The van der Waals surface area contributed by atoms with Gasteiger partial charge in [0.1, 0.15) is 10.4 Å². The topological polar surface area (TPSA) is 68.3 Å². The van der Waals surface area contributed by atoms with Crippen molar-refractivity contribution in [2.45, 2.75) is 32.7 Å². The molecule has 0 unspecified atom stereocenters. The number of rotatable bonds is 4. The highest BCUT2D eigenvalue weighted by Crippen LogP contribution is 2.15. The first kappa shape index (κ1) is 13.6. The normalized spacial score (nSPS) is 11.1. The van der Waals surface area contributed by atoms with Crippen molar-refractivity contribution in [1.82, 2.24) is 10.3 Å². The summed E-state index contributed by atoms with van der Waals surface area (Å²) in [5.74, 6) is -0.788. The van der Waals surface area contributed by atoms with Gasteiger partial charge in [-0.25, -0.2) is 9.78 Å². The fraction of sp³-hybridized carbons (Fsp3) is 0.545. The Bertz CT molecular complexity index is 426. The Hall–Kier alpha value is -1.43. The molecule has 0 fully saturated rings. The first-order valence-corrected chi connectivity index (χ1v) is 6.08. The van der Waals surface area contributed by atoms with Gasteiger partial charge in [-0.2, -0.15) is 0 Å². The molecule has 0 saturated heterocycles. The number of hydrogen-bond acceptors (Lipinski definition) is 5. The van der Waals surface area contributed by atoms with Crippen LogP contribution in [0.1, 0.15) is 35.5 Å². The Labute approximate surface area is 104 Å². The first-order chi connectivity index (χ1) is 7.90. The maximum absolute atomic E-state index is 11.9. The van der Waals surface area contributed by atoms with Crippen LogP contribution >= 0.6 is 11.3 Å². The van der Waals surface area contributed by atoms with Gasteiger partial charge in [-0.3, -0.25) is 4.79 Å². The van der Waals surface area contributed by atoms with Gasteiger partial charge in [-0.1, -0.05) is 6.92 Å². The maximum Gasteiger partial charge on any atom is 0.330 e. The number of nitrogens with one attached hydrogen (secondary N) is 1. The van der Waals surface area contributed by atoms with Crippen LogP contribution < -0.4 is 5.32 Å². The van der Waals surface area contributed by atoms with Crippen molar-refractivity contribution in [2.24, 2.45) is 0 Å². The highest BCUT2D eigenvalue weighted by atomic mass is 32.1. The van der Waals surface area contributed by atoms with Crippen molar-refractivity contribution in [3.05, 3.63) is 16.1 Å². The molecule has 0 bridgehead atoms. The van der Waals surface area contributed by atoms with Gasteiger partial charge in [0, 0.05) is 0 Å². The van der Waals surface area contributed by atoms with Crippen LogP contribution in [0.3, 0.4) is 0 Å². The van der Waals surface area contributed by atoms with Crippen molar-refractivity contribution in [1.29, 1.82) is 0 Å². The standard InChI is InChI=1S/C11H16N2O3S/c1-5-8-12-6-7(17-8)9(14)13-11(2,3)10(15)16-4/h6H,5H2,1-4H3,(H,13,14). The lowest BCUT2D eigenvalue weighted by Gasteiger charge is -2.22. The molecule has 94 valence electrons. The average molecular weight is 256 g/mol. The Morgan fingerprint density at radius 1 is 1.53 bits per heavy atom. The number of aryl methyl sites for hydroxylation is 1. The third-order valence-electron chi connectivity index (χ3n) is 2.20. The predicted octanol–water partition coefficient (Wildman–Crippen LogP) is 1.39. The van der Waals surface area contributed by atoms with Gasteiger partial charge in [-0.15, -0.1) is 11.3 Å². The zero-order valence-electron chi connectivity index (χ0n) is 10.4. The van der Waals surface area contributed by atoms with E-state index in [1.165, 1.54) is 24.6 Å². The van der Waals surface area contributed by atoms with E-state index in [1.807, 2.05) is 6.92 Å². The Morgan fingerprint density at radius 3 is 2.65 bits per heavy atom. The molecule has 1 rings (SSSR count). The van der Waals surface area contributed by atoms with Crippen LogP contribution in [0, 0.1) is 0 Å². The van der Waals surface area contributed by atoms with Crippen molar-refractivity contribution < 1.29 is 14.3 Å². The Morgan fingerprint density at radius 2 is 2.18 bits per heavy atom. The van der Waals surface area contributed by atoms with E-state index in [1.54, 1.807) is 13.8 Å². The van der Waals surface area contributed by atoms with Gasteiger partial charge < -0.3 is 10.1 Å². The smallest absolute Gasteiger partial charge is 0.330 e. The summed E-state index contributed by atoms with van der Waals surface area (Å²) in [5, 5.41) is 3.51. The zero-order chi connectivity index (χ0) is 13.1. The second kappa shape index (κ2) is 5.27. The summed E-state index contributed by atoms with van der Waals surface area (Å²) in [6.45, 7) is 5.16. The molecule has 0 aliphatic rings. The molecule has 17 heavy (non-hydrogen) atoms. The highest BCUT2D eigenvalue weighted by molar-refractivity contribution is 7.13. The van der Waals surface area contributed by atoms with Crippen molar-refractivity contribution >= 4 is 23.2 Å². The van der Waals surface area contributed by atoms with Gasteiger partial charge in [0.15, 0.2) is 0 Å². The lowest BCUT2D eigenvalue weighted by Crippen LogP contribution is -2.50. The van der Waals surface area contributed by atoms with Crippen LogP contribution in [-0.2, 0) is 16.0 Å². The van der Waals surface area contributed by atoms with E-state index in [9.17, 15) is 9.59 Å². The molecule has 0 atom stereocenters. The largest absolute Gasteiger partial charge is 0.467 e. The number of aromatic nitrogens is 1.